The van der Waals surface area contributed by atoms with Crippen molar-refractivity contribution in [2.75, 3.05) is 0 Å². The molecule has 0 unspecified atom stereocenters. The second-order valence-corrected chi connectivity index (χ2v) is 4.78. The Labute approximate surface area is 125 Å². The van der Waals surface area contributed by atoms with E-state index in [4.69, 9.17) is 0 Å². The first kappa shape index (κ1) is 13.7. The standard InChI is InChI=1S/C15H12N4O3/c1-9-3-2-4-12(17-9)15-11(8-16-18-15)10-5-6-13(19(21)22)14(20)7-10/h2-8,20H,1H3,(H,16,18). The lowest BCUT2D eigenvalue weighted by atomic mass is 10.0. The fraction of sp³-hybridized carbons (Fsp3) is 0.0667. The molecule has 0 atom stereocenters. The molecular weight excluding hydrogens is 284 g/mol. The van der Waals surface area contributed by atoms with Crippen molar-refractivity contribution in [3.05, 3.63) is 58.4 Å². The first-order valence-corrected chi connectivity index (χ1v) is 6.51. The number of nitrogens with one attached hydrogen (secondary N) is 1. The molecule has 3 aromatic rings. The molecule has 3 rings (SSSR count). The predicted molar refractivity (Wildman–Crippen MR) is 80.3 cm³/mol. The Hall–Kier alpha value is -3.22. The largest absolute Gasteiger partial charge is 0.502 e. The molecule has 1 aromatic carbocycles. The maximum Gasteiger partial charge on any atom is 0.310 e. The van der Waals surface area contributed by atoms with Crippen molar-refractivity contribution in [3.63, 3.8) is 0 Å². The fourth-order valence-corrected chi connectivity index (χ4v) is 2.23. The van der Waals surface area contributed by atoms with Gasteiger partial charge in [-0.25, -0.2) is 0 Å². The topological polar surface area (TPSA) is 105 Å². The summed E-state index contributed by atoms with van der Waals surface area (Å²) >= 11 is 0. The molecule has 2 N–H and O–H groups in total. The Morgan fingerprint density at radius 1 is 1.27 bits per heavy atom. The van der Waals surface area contributed by atoms with Gasteiger partial charge in [-0.2, -0.15) is 5.10 Å². The molecule has 0 spiro atoms. The van der Waals surface area contributed by atoms with Gasteiger partial charge in [-0.15, -0.1) is 0 Å². The van der Waals surface area contributed by atoms with Crippen molar-refractivity contribution in [1.82, 2.24) is 15.2 Å². The van der Waals surface area contributed by atoms with Crippen molar-refractivity contribution in [2.45, 2.75) is 6.92 Å². The third kappa shape index (κ3) is 2.39. The van der Waals surface area contributed by atoms with Crippen LogP contribution in [0.25, 0.3) is 22.5 Å². The molecule has 2 heterocycles. The molecule has 0 bridgehead atoms. The number of rotatable bonds is 3. The van der Waals surface area contributed by atoms with Crippen molar-refractivity contribution in [1.29, 1.82) is 0 Å². The normalized spacial score (nSPS) is 10.6. The van der Waals surface area contributed by atoms with E-state index in [0.717, 1.165) is 5.69 Å². The number of pyridine rings is 1. The highest BCUT2D eigenvalue weighted by Gasteiger charge is 2.17. The summed E-state index contributed by atoms with van der Waals surface area (Å²) in [7, 11) is 0. The molecule has 7 heteroatoms. The highest BCUT2D eigenvalue weighted by atomic mass is 16.6. The van der Waals surface area contributed by atoms with Crippen LogP contribution in [0, 0.1) is 17.0 Å². The van der Waals surface area contributed by atoms with Crippen molar-refractivity contribution < 1.29 is 10.0 Å². The lowest BCUT2D eigenvalue weighted by Crippen LogP contribution is -1.91. The van der Waals surface area contributed by atoms with Crippen molar-refractivity contribution >= 4 is 5.69 Å². The summed E-state index contributed by atoms with van der Waals surface area (Å²) in [6.07, 6.45) is 1.60. The molecule has 0 amide bonds. The number of aromatic amines is 1. The van der Waals surface area contributed by atoms with E-state index in [1.54, 1.807) is 12.3 Å². The highest BCUT2D eigenvalue weighted by Crippen LogP contribution is 2.34. The number of nitro groups is 1. The van der Waals surface area contributed by atoms with E-state index >= 15 is 0 Å². The summed E-state index contributed by atoms with van der Waals surface area (Å²) in [5.41, 5.74) is 3.27. The summed E-state index contributed by atoms with van der Waals surface area (Å²) < 4.78 is 0. The number of hydrogen-bond donors (Lipinski definition) is 2. The van der Waals surface area contributed by atoms with E-state index in [1.807, 2.05) is 25.1 Å². The Bertz CT molecular complexity index is 857. The zero-order valence-corrected chi connectivity index (χ0v) is 11.6. The SMILES string of the molecule is Cc1cccc(-c2[nH]ncc2-c2ccc([N+](=O)[O-])c(O)c2)n1. The zero-order valence-electron chi connectivity index (χ0n) is 11.6. The third-order valence-electron chi connectivity index (χ3n) is 3.27. The Morgan fingerprint density at radius 2 is 2.09 bits per heavy atom. The van der Waals surface area contributed by atoms with Crippen LogP contribution in [0.1, 0.15) is 5.69 Å². The lowest BCUT2D eigenvalue weighted by Gasteiger charge is -2.05. The molecule has 0 fully saturated rings. The number of phenolic OH excluding ortho intramolecular Hbond substituents is 1. The number of nitro benzene ring substituents is 1. The summed E-state index contributed by atoms with van der Waals surface area (Å²) in [5.74, 6) is -0.383. The Kier molecular flexibility index (Phi) is 3.30. The van der Waals surface area contributed by atoms with Crippen molar-refractivity contribution in [2.24, 2.45) is 0 Å². The molecule has 7 nitrogen and oxygen atoms in total. The van der Waals surface area contributed by atoms with Gasteiger partial charge in [0.15, 0.2) is 5.75 Å². The van der Waals surface area contributed by atoms with Crippen LogP contribution in [0.4, 0.5) is 5.69 Å². The van der Waals surface area contributed by atoms with E-state index in [9.17, 15) is 15.2 Å². The minimum Gasteiger partial charge on any atom is -0.502 e. The molecule has 2 aromatic heterocycles. The third-order valence-corrected chi connectivity index (χ3v) is 3.27. The number of nitrogens with zero attached hydrogens (tertiary/aromatic N) is 3. The Morgan fingerprint density at radius 3 is 2.77 bits per heavy atom. The van der Waals surface area contributed by atoms with Gasteiger partial charge in [-0.1, -0.05) is 6.07 Å². The van der Waals surface area contributed by atoms with Gasteiger partial charge in [-0.3, -0.25) is 20.2 Å². The second kappa shape index (κ2) is 5.28. The molecule has 110 valence electrons. The molecule has 22 heavy (non-hydrogen) atoms. The van der Waals surface area contributed by atoms with E-state index in [-0.39, 0.29) is 11.4 Å². The molecule has 0 aliphatic rings. The lowest BCUT2D eigenvalue weighted by molar-refractivity contribution is -0.385. The van der Waals surface area contributed by atoms with E-state index in [2.05, 4.69) is 15.2 Å². The number of H-pyrrole nitrogens is 1. The quantitative estimate of drug-likeness (QED) is 0.571. The van der Waals surface area contributed by atoms with Crippen LogP contribution >= 0.6 is 0 Å². The Balaban J connectivity index is 2.09. The maximum atomic E-state index is 10.8. The summed E-state index contributed by atoms with van der Waals surface area (Å²) in [5, 5.41) is 27.4. The summed E-state index contributed by atoms with van der Waals surface area (Å²) in [6.45, 7) is 1.89. The van der Waals surface area contributed by atoms with Crippen LogP contribution in [0.3, 0.4) is 0 Å². The predicted octanol–water partition coefficient (Wildman–Crippen LogP) is 3.06. The van der Waals surface area contributed by atoms with E-state index < -0.39 is 4.92 Å². The van der Waals surface area contributed by atoms with Crippen LogP contribution in [0.2, 0.25) is 0 Å². The average Bonchev–Trinajstić information content (AvgIpc) is 2.96. The van der Waals surface area contributed by atoms with Crippen LogP contribution in [-0.2, 0) is 0 Å². The number of benzene rings is 1. The van der Waals surface area contributed by atoms with Crippen molar-refractivity contribution in [3.8, 4) is 28.3 Å². The number of hydrogen-bond acceptors (Lipinski definition) is 5. The summed E-state index contributed by atoms with van der Waals surface area (Å²) in [6, 6.07) is 9.80. The molecule has 0 aliphatic carbocycles. The van der Waals surface area contributed by atoms with Crippen LogP contribution in [0.15, 0.2) is 42.6 Å². The minimum atomic E-state index is -0.627. The van der Waals surface area contributed by atoms with Crippen LogP contribution < -0.4 is 0 Å². The molecule has 0 radical (unpaired) electrons. The fourth-order valence-electron chi connectivity index (χ4n) is 2.23. The van der Waals surface area contributed by atoms with Gasteiger partial charge in [-0.05, 0) is 36.8 Å². The molecule has 0 aliphatic heterocycles. The maximum absolute atomic E-state index is 10.8. The number of aryl methyl sites for hydroxylation is 1. The van der Waals surface area contributed by atoms with Gasteiger partial charge in [0.25, 0.3) is 0 Å². The smallest absolute Gasteiger partial charge is 0.310 e. The number of aromatic nitrogens is 3. The zero-order chi connectivity index (χ0) is 15.7. The van der Waals surface area contributed by atoms with Gasteiger partial charge < -0.3 is 5.11 Å². The van der Waals surface area contributed by atoms with E-state index in [0.29, 0.717) is 22.5 Å². The van der Waals surface area contributed by atoms with Gasteiger partial charge >= 0.3 is 5.69 Å². The average molecular weight is 296 g/mol. The first-order valence-electron chi connectivity index (χ1n) is 6.51. The summed E-state index contributed by atoms with van der Waals surface area (Å²) in [4.78, 5) is 14.6. The van der Waals surface area contributed by atoms with Gasteiger partial charge in [0.05, 0.1) is 22.5 Å². The number of phenols is 1. The molecule has 0 saturated carbocycles. The molecular formula is C15H12N4O3. The highest BCUT2D eigenvalue weighted by molar-refractivity contribution is 5.80. The van der Waals surface area contributed by atoms with Crippen LogP contribution in [-0.4, -0.2) is 25.2 Å². The number of aromatic hydroxyl groups is 1. The second-order valence-electron chi connectivity index (χ2n) is 4.78. The molecule has 0 saturated heterocycles. The van der Waals surface area contributed by atoms with Gasteiger partial charge in [0.1, 0.15) is 0 Å². The minimum absolute atomic E-state index is 0.331. The van der Waals surface area contributed by atoms with E-state index in [1.165, 1.54) is 12.1 Å². The van der Waals surface area contributed by atoms with Gasteiger partial charge in [0.2, 0.25) is 0 Å². The first-order chi connectivity index (χ1) is 10.6. The monoisotopic (exact) mass is 296 g/mol. The van der Waals surface area contributed by atoms with Gasteiger partial charge in [0, 0.05) is 17.3 Å². The van der Waals surface area contributed by atoms with Crippen LogP contribution in [0.5, 0.6) is 5.75 Å².